The van der Waals surface area contributed by atoms with Crippen molar-refractivity contribution in [1.82, 2.24) is 10.3 Å². The number of anilines is 1. The molecular formula is C12H23N3O. The molecule has 0 amide bonds. The average molecular weight is 225 g/mol. The molecule has 0 unspecified atom stereocenters. The summed E-state index contributed by atoms with van der Waals surface area (Å²) in [4.78, 5) is 6.64. The fraction of sp³-hybridized carbons (Fsp3) is 0.750. The van der Waals surface area contributed by atoms with Crippen LogP contribution >= 0.6 is 0 Å². The highest BCUT2D eigenvalue weighted by molar-refractivity contribution is 5.26. The average Bonchev–Trinajstić information content (AvgIpc) is 2.71. The van der Waals surface area contributed by atoms with Gasteiger partial charge in [0, 0.05) is 19.6 Å². The van der Waals surface area contributed by atoms with Gasteiger partial charge in [0.25, 0.3) is 6.01 Å². The van der Waals surface area contributed by atoms with E-state index in [2.05, 4.69) is 42.9 Å². The number of nitrogens with zero attached hydrogens (tertiary/aromatic N) is 2. The Kier molecular flexibility index (Phi) is 5.32. The Balaban J connectivity index is 2.59. The Labute approximate surface area is 98.0 Å². The molecule has 0 fully saturated rings. The third-order valence-corrected chi connectivity index (χ3v) is 2.33. The van der Waals surface area contributed by atoms with Crippen LogP contribution in [0.5, 0.6) is 0 Å². The predicted octanol–water partition coefficient (Wildman–Crippen LogP) is 2.27. The van der Waals surface area contributed by atoms with Crippen molar-refractivity contribution in [3.63, 3.8) is 0 Å². The summed E-state index contributed by atoms with van der Waals surface area (Å²) < 4.78 is 5.49. The highest BCUT2D eigenvalue weighted by Crippen LogP contribution is 2.14. The van der Waals surface area contributed by atoms with E-state index in [-0.39, 0.29) is 0 Å². The molecule has 0 aliphatic rings. The number of oxazole rings is 1. The monoisotopic (exact) mass is 225 g/mol. The van der Waals surface area contributed by atoms with E-state index in [0.29, 0.717) is 5.92 Å². The second-order valence-electron chi connectivity index (χ2n) is 4.33. The molecule has 1 rings (SSSR count). The normalized spacial score (nSPS) is 11.1. The van der Waals surface area contributed by atoms with Crippen molar-refractivity contribution in [1.29, 1.82) is 0 Å². The van der Waals surface area contributed by atoms with Crippen LogP contribution in [0.2, 0.25) is 0 Å². The van der Waals surface area contributed by atoms with E-state index in [0.717, 1.165) is 37.9 Å². The Morgan fingerprint density at radius 1 is 1.44 bits per heavy atom. The van der Waals surface area contributed by atoms with Gasteiger partial charge in [-0.3, -0.25) is 0 Å². The van der Waals surface area contributed by atoms with Crippen LogP contribution in [0.4, 0.5) is 6.01 Å². The van der Waals surface area contributed by atoms with Crippen LogP contribution in [-0.4, -0.2) is 24.6 Å². The second kappa shape index (κ2) is 6.53. The van der Waals surface area contributed by atoms with Gasteiger partial charge in [0.1, 0.15) is 6.26 Å². The summed E-state index contributed by atoms with van der Waals surface area (Å²) in [5.41, 5.74) is 0.971. The van der Waals surface area contributed by atoms with Crippen LogP contribution in [0.25, 0.3) is 0 Å². The zero-order chi connectivity index (χ0) is 12.0. The van der Waals surface area contributed by atoms with E-state index >= 15 is 0 Å². The molecule has 4 nitrogen and oxygen atoms in total. The molecule has 0 atom stereocenters. The molecule has 1 aromatic rings. The topological polar surface area (TPSA) is 41.3 Å². The lowest BCUT2D eigenvalue weighted by atomic mass is 10.2. The molecule has 1 aromatic heterocycles. The van der Waals surface area contributed by atoms with Crippen molar-refractivity contribution in [3.05, 3.63) is 12.0 Å². The number of hydrogen-bond acceptors (Lipinski definition) is 4. The van der Waals surface area contributed by atoms with Gasteiger partial charge in [0.05, 0.1) is 5.69 Å². The largest absolute Gasteiger partial charge is 0.432 e. The molecule has 0 aliphatic carbocycles. The van der Waals surface area contributed by atoms with Gasteiger partial charge < -0.3 is 14.6 Å². The zero-order valence-electron chi connectivity index (χ0n) is 10.8. The lowest BCUT2D eigenvalue weighted by Crippen LogP contribution is -2.27. The Bertz CT molecular complexity index is 296. The summed E-state index contributed by atoms with van der Waals surface area (Å²) in [6.07, 6.45) is 1.74. The SMILES string of the molecule is CCNCc1coc(N(CC)CC(C)C)n1. The molecule has 0 aliphatic heterocycles. The molecule has 0 saturated carbocycles. The zero-order valence-corrected chi connectivity index (χ0v) is 10.8. The predicted molar refractivity (Wildman–Crippen MR) is 66.6 cm³/mol. The van der Waals surface area contributed by atoms with E-state index in [9.17, 15) is 0 Å². The summed E-state index contributed by atoms with van der Waals surface area (Å²) in [5, 5.41) is 3.23. The standard InChI is InChI=1S/C12H23N3O/c1-5-13-7-11-9-16-12(14-11)15(6-2)8-10(3)4/h9-10,13H,5-8H2,1-4H3. The quantitative estimate of drug-likeness (QED) is 0.773. The second-order valence-corrected chi connectivity index (χ2v) is 4.33. The fourth-order valence-corrected chi connectivity index (χ4v) is 1.56. The van der Waals surface area contributed by atoms with Crippen molar-refractivity contribution in [2.75, 3.05) is 24.5 Å². The van der Waals surface area contributed by atoms with Gasteiger partial charge in [-0.15, -0.1) is 0 Å². The van der Waals surface area contributed by atoms with Gasteiger partial charge >= 0.3 is 0 Å². The highest BCUT2D eigenvalue weighted by Gasteiger charge is 2.12. The molecule has 0 spiro atoms. The fourth-order valence-electron chi connectivity index (χ4n) is 1.56. The summed E-state index contributed by atoms with van der Waals surface area (Å²) >= 11 is 0. The summed E-state index contributed by atoms with van der Waals surface area (Å²) in [7, 11) is 0. The first kappa shape index (κ1) is 13.0. The Morgan fingerprint density at radius 3 is 2.75 bits per heavy atom. The smallest absolute Gasteiger partial charge is 0.297 e. The summed E-state index contributed by atoms with van der Waals surface area (Å²) in [6.45, 7) is 12.2. The molecule has 0 bridgehead atoms. The van der Waals surface area contributed by atoms with Crippen molar-refractivity contribution >= 4 is 6.01 Å². The van der Waals surface area contributed by atoms with Crippen molar-refractivity contribution < 1.29 is 4.42 Å². The van der Waals surface area contributed by atoms with Crippen molar-refractivity contribution in [2.45, 2.75) is 34.2 Å². The minimum Gasteiger partial charge on any atom is -0.432 e. The minimum atomic E-state index is 0.615. The lowest BCUT2D eigenvalue weighted by molar-refractivity contribution is 0.511. The number of hydrogen-bond donors (Lipinski definition) is 1. The lowest BCUT2D eigenvalue weighted by Gasteiger charge is -2.20. The van der Waals surface area contributed by atoms with Crippen LogP contribution in [0.3, 0.4) is 0 Å². The number of rotatable bonds is 7. The highest BCUT2D eigenvalue weighted by atomic mass is 16.4. The van der Waals surface area contributed by atoms with Gasteiger partial charge in [-0.25, -0.2) is 0 Å². The molecule has 16 heavy (non-hydrogen) atoms. The first-order chi connectivity index (χ1) is 7.67. The maximum absolute atomic E-state index is 5.49. The Hall–Kier alpha value is -1.03. The molecule has 0 aromatic carbocycles. The third-order valence-electron chi connectivity index (χ3n) is 2.33. The van der Waals surface area contributed by atoms with E-state index < -0.39 is 0 Å². The van der Waals surface area contributed by atoms with Gasteiger partial charge in [-0.05, 0) is 19.4 Å². The summed E-state index contributed by atoms with van der Waals surface area (Å²) in [6, 6.07) is 0.740. The van der Waals surface area contributed by atoms with Crippen LogP contribution in [-0.2, 0) is 6.54 Å². The minimum absolute atomic E-state index is 0.615. The van der Waals surface area contributed by atoms with Gasteiger partial charge in [0.2, 0.25) is 0 Å². The van der Waals surface area contributed by atoms with Gasteiger partial charge in [-0.2, -0.15) is 4.98 Å². The molecule has 1 N–H and O–H groups in total. The molecular weight excluding hydrogens is 202 g/mol. The van der Waals surface area contributed by atoms with Crippen LogP contribution in [0, 0.1) is 5.92 Å². The maximum Gasteiger partial charge on any atom is 0.297 e. The van der Waals surface area contributed by atoms with Crippen LogP contribution in [0.15, 0.2) is 10.7 Å². The number of nitrogens with one attached hydrogen (secondary N) is 1. The van der Waals surface area contributed by atoms with E-state index in [1.165, 1.54) is 0 Å². The van der Waals surface area contributed by atoms with E-state index in [1.54, 1.807) is 6.26 Å². The first-order valence-electron chi connectivity index (χ1n) is 6.07. The first-order valence-corrected chi connectivity index (χ1v) is 6.07. The van der Waals surface area contributed by atoms with Gasteiger partial charge in [0.15, 0.2) is 0 Å². The van der Waals surface area contributed by atoms with Crippen molar-refractivity contribution in [3.8, 4) is 0 Å². The molecule has 92 valence electrons. The maximum atomic E-state index is 5.49. The molecule has 4 heteroatoms. The Morgan fingerprint density at radius 2 is 2.19 bits per heavy atom. The van der Waals surface area contributed by atoms with E-state index in [1.807, 2.05) is 0 Å². The van der Waals surface area contributed by atoms with E-state index in [4.69, 9.17) is 4.42 Å². The third kappa shape index (κ3) is 3.85. The molecule has 0 radical (unpaired) electrons. The van der Waals surface area contributed by atoms with Crippen LogP contribution in [0.1, 0.15) is 33.4 Å². The van der Waals surface area contributed by atoms with Gasteiger partial charge in [-0.1, -0.05) is 20.8 Å². The van der Waals surface area contributed by atoms with Crippen LogP contribution < -0.4 is 10.2 Å². The molecule has 0 saturated heterocycles. The molecule has 1 heterocycles. The number of aromatic nitrogens is 1. The van der Waals surface area contributed by atoms with Crippen molar-refractivity contribution in [2.24, 2.45) is 5.92 Å². The summed E-state index contributed by atoms with van der Waals surface area (Å²) in [5.74, 6) is 0.615.